The molecule has 0 aromatic heterocycles. The minimum absolute atomic E-state index is 0.0291. The average molecular weight is 567 g/mol. The quantitative estimate of drug-likeness (QED) is 0.197. The van der Waals surface area contributed by atoms with Gasteiger partial charge in [-0.2, -0.15) is 0 Å². The Morgan fingerprint density at radius 2 is 1.70 bits per heavy atom. The highest BCUT2D eigenvalue weighted by atomic mass is 16.7. The van der Waals surface area contributed by atoms with E-state index in [2.05, 4.69) is 10.6 Å². The third-order valence-corrected chi connectivity index (χ3v) is 6.46. The van der Waals surface area contributed by atoms with Crippen LogP contribution in [0.3, 0.4) is 0 Å². The van der Waals surface area contributed by atoms with Crippen LogP contribution in [0.15, 0.2) is 24.3 Å². The van der Waals surface area contributed by atoms with E-state index < -0.39 is 43.2 Å². The number of aliphatic hydroxyl groups is 3. The van der Waals surface area contributed by atoms with Gasteiger partial charge in [-0.15, -0.1) is 0 Å². The van der Waals surface area contributed by atoms with E-state index in [1.54, 1.807) is 38.2 Å². The van der Waals surface area contributed by atoms with E-state index in [-0.39, 0.29) is 43.1 Å². The fraction of sp³-hybridized carbons (Fsp3) is 0.630. The smallest absolute Gasteiger partial charge is 0.226 e. The second-order valence-corrected chi connectivity index (χ2v) is 9.72. The van der Waals surface area contributed by atoms with Crippen LogP contribution >= 0.6 is 0 Å². The zero-order chi connectivity index (χ0) is 29.8. The summed E-state index contributed by atoms with van der Waals surface area (Å²) in [5, 5.41) is 35.2. The van der Waals surface area contributed by atoms with E-state index in [0.29, 0.717) is 18.5 Å². The highest BCUT2D eigenvalue weighted by Gasteiger charge is 2.46. The molecule has 1 fully saturated rings. The first kappa shape index (κ1) is 32.9. The summed E-state index contributed by atoms with van der Waals surface area (Å²) in [5.41, 5.74) is 0.464. The molecule has 0 spiro atoms. The van der Waals surface area contributed by atoms with Gasteiger partial charge in [-0.1, -0.05) is 20.3 Å². The number of hydrogen-bond donors (Lipinski definition) is 5. The lowest BCUT2D eigenvalue weighted by molar-refractivity contribution is -0.244. The highest BCUT2D eigenvalue weighted by Crippen LogP contribution is 2.25. The van der Waals surface area contributed by atoms with Gasteiger partial charge in [-0.05, 0) is 30.7 Å². The molecule has 13 heteroatoms. The van der Waals surface area contributed by atoms with Crippen LogP contribution in [0.2, 0.25) is 0 Å². The molecular weight excluding hydrogens is 524 g/mol. The Kier molecular flexibility index (Phi) is 13.3. The van der Waals surface area contributed by atoms with Crippen molar-refractivity contribution >= 4 is 29.3 Å². The molecule has 0 saturated carbocycles. The number of amides is 4. The molecule has 224 valence electrons. The van der Waals surface area contributed by atoms with Crippen molar-refractivity contribution < 1.29 is 44.0 Å². The van der Waals surface area contributed by atoms with Gasteiger partial charge in [0.15, 0.2) is 0 Å². The molecule has 1 aromatic rings. The minimum Gasteiger partial charge on any atom is -0.463 e. The molecule has 5 N–H and O–H groups in total. The maximum atomic E-state index is 12.6. The molecule has 2 rings (SSSR count). The zero-order valence-electron chi connectivity index (χ0n) is 23.5. The van der Waals surface area contributed by atoms with Crippen LogP contribution in [0.1, 0.15) is 52.9 Å². The monoisotopic (exact) mass is 566 g/mol. The van der Waals surface area contributed by atoms with Crippen molar-refractivity contribution in [1.82, 2.24) is 15.1 Å². The van der Waals surface area contributed by atoms with Gasteiger partial charge in [0.1, 0.15) is 30.1 Å². The maximum absolute atomic E-state index is 12.6. The Morgan fingerprint density at radius 1 is 1.02 bits per heavy atom. The molecule has 13 nitrogen and oxygen atoms in total. The second kappa shape index (κ2) is 16.1. The number of ether oxygens (including phenoxy) is 2. The number of nitrogens with zero attached hydrogens (tertiary/aromatic N) is 2. The van der Waals surface area contributed by atoms with Crippen molar-refractivity contribution in [3.05, 3.63) is 24.3 Å². The standard InChI is InChI=1S/C27H42N4O9/c1-5-7-8-23(36)31(16-30(4)22(35)6-2)14-13-21(34)29-18-9-11-19(12-10-18)39-27-24(28-17(3)33)26(38)25(37)20(15-32)40-27/h9-12,20,24-27,32,37-38H,5-8,13-16H2,1-4H3,(H,28,33)(H,29,34). The lowest BCUT2D eigenvalue weighted by Gasteiger charge is -2.42. The first-order valence-corrected chi connectivity index (χ1v) is 13.5. The number of carbonyl (C=O) groups excluding carboxylic acids is 4. The van der Waals surface area contributed by atoms with Crippen molar-refractivity contribution in [2.75, 3.05) is 32.2 Å². The van der Waals surface area contributed by atoms with Gasteiger partial charge in [0.05, 0.1) is 13.3 Å². The average Bonchev–Trinajstić information content (AvgIpc) is 2.93. The van der Waals surface area contributed by atoms with E-state index in [0.717, 1.165) is 12.8 Å². The SMILES string of the molecule is CCCCC(=O)N(CCC(=O)Nc1ccc(OC2OC(CO)C(O)C(O)C2NC(C)=O)cc1)CN(C)C(=O)CC. The Balaban J connectivity index is 1.99. The molecule has 5 atom stereocenters. The van der Waals surface area contributed by atoms with E-state index in [1.807, 2.05) is 6.92 Å². The molecule has 0 bridgehead atoms. The normalized spacial score (nSPS) is 22.2. The summed E-state index contributed by atoms with van der Waals surface area (Å²) < 4.78 is 11.3. The number of hydrogen-bond acceptors (Lipinski definition) is 9. The predicted octanol–water partition coefficient (Wildman–Crippen LogP) is 0.182. The fourth-order valence-electron chi connectivity index (χ4n) is 4.15. The molecule has 1 aromatic carbocycles. The van der Waals surface area contributed by atoms with Crippen LogP contribution in [0, 0.1) is 0 Å². The van der Waals surface area contributed by atoms with E-state index in [1.165, 1.54) is 16.7 Å². The van der Waals surface area contributed by atoms with Crippen LogP contribution < -0.4 is 15.4 Å². The molecule has 0 radical (unpaired) electrons. The minimum atomic E-state index is -1.44. The topological polar surface area (TPSA) is 178 Å². The van der Waals surface area contributed by atoms with Crippen LogP contribution in [0.4, 0.5) is 5.69 Å². The molecule has 4 amide bonds. The molecule has 40 heavy (non-hydrogen) atoms. The van der Waals surface area contributed by atoms with Gasteiger partial charge in [0.25, 0.3) is 0 Å². The van der Waals surface area contributed by atoms with Crippen LogP contribution in [0.5, 0.6) is 5.75 Å². The fourth-order valence-corrected chi connectivity index (χ4v) is 4.15. The summed E-state index contributed by atoms with van der Waals surface area (Å²) in [5.74, 6) is -0.719. The number of anilines is 1. The molecule has 1 aliphatic heterocycles. The molecular formula is C27H42N4O9. The molecule has 5 unspecified atom stereocenters. The second-order valence-electron chi connectivity index (χ2n) is 9.72. The molecule has 1 saturated heterocycles. The van der Waals surface area contributed by atoms with Gasteiger partial charge < -0.3 is 45.2 Å². The van der Waals surface area contributed by atoms with Gasteiger partial charge in [0, 0.05) is 45.5 Å². The van der Waals surface area contributed by atoms with Gasteiger partial charge in [-0.25, -0.2) is 0 Å². The lowest BCUT2D eigenvalue weighted by Crippen LogP contribution is -2.65. The summed E-state index contributed by atoms with van der Waals surface area (Å²) in [4.78, 5) is 51.8. The highest BCUT2D eigenvalue weighted by molar-refractivity contribution is 5.91. The van der Waals surface area contributed by atoms with Gasteiger partial charge >= 0.3 is 0 Å². The van der Waals surface area contributed by atoms with E-state index in [4.69, 9.17) is 9.47 Å². The first-order chi connectivity index (χ1) is 19.0. The Bertz CT molecular complexity index is 991. The number of nitrogens with one attached hydrogen (secondary N) is 2. The predicted molar refractivity (Wildman–Crippen MR) is 145 cm³/mol. The number of carbonyl (C=O) groups is 4. The maximum Gasteiger partial charge on any atom is 0.226 e. The Labute approximate surface area is 234 Å². The number of aliphatic hydroxyl groups excluding tert-OH is 3. The Hall–Kier alpha value is -3.26. The first-order valence-electron chi connectivity index (χ1n) is 13.5. The van der Waals surface area contributed by atoms with E-state index in [9.17, 15) is 34.5 Å². The van der Waals surface area contributed by atoms with Crippen molar-refractivity contribution in [3.63, 3.8) is 0 Å². The van der Waals surface area contributed by atoms with E-state index >= 15 is 0 Å². The lowest BCUT2D eigenvalue weighted by atomic mass is 9.97. The summed E-state index contributed by atoms with van der Waals surface area (Å²) in [6.07, 6.45) is -2.91. The van der Waals surface area contributed by atoms with Crippen molar-refractivity contribution in [2.45, 2.75) is 83.5 Å². The van der Waals surface area contributed by atoms with Gasteiger partial charge in [-0.3, -0.25) is 19.2 Å². The number of rotatable bonds is 14. The van der Waals surface area contributed by atoms with Crippen LogP contribution in [0.25, 0.3) is 0 Å². The number of unbranched alkanes of at least 4 members (excludes halogenated alkanes) is 1. The Morgan fingerprint density at radius 3 is 2.27 bits per heavy atom. The molecule has 1 aliphatic rings. The van der Waals surface area contributed by atoms with Crippen molar-refractivity contribution in [1.29, 1.82) is 0 Å². The largest absolute Gasteiger partial charge is 0.463 e. The summed E-state index contributed by atoms with van der Waals surface area (Å²) in [6.45, 7) is 4.67. The molecule has 0 aliphatic carbocycles. The third-order valence-electron chi connectivity index (χ3n) is 6.46. The summed E-state index contributed by atoms with van der Waals surface area (Å²) in [7, 11) is 1.62. The summed E-state index contributed by atoms with van der Waals surface area (Å²) >= 11 is 0. The number of benzene rings is 1. The summed E-state index contributed by atoms with van der Waals surface area (Å²) in [6, 6.07) is 5.15. The third kappa shape index (κ3) is 9.73. The van der Waals surface area contributed by atoms with Crippen molar-refractivity contribution in [2.24, 2.45) is 0 Å². The van der Waals surface area contributed by atoms with Crippen LogP contribution in [-0.2, 0) is 23.9 Å². The van der Waals surface area contributed by atoms with Crippen LogP contribution in [-0.4, -0.2) is 106 Å². The zero-order valence-corrected chi connectivity index (χ0v) is 23.5. The molecule has 1 heterocycles. The van der Waals surface area contributed by atoms with Crippen molar-refractivity contribution in [3.8, 4) is 5.75 Å². The van der Waals surface area contributed by atoms with Gasteiger partial charge in [0.2, 0.25) is 29.9 Å².